The van der Waals surface area contributed by atoms with E-state index in [0.717, 1.165) is 30.9 Å². The Morgan fingerprint density at radius 1 is 1.20 bits per heavy atom. The summed E-state index contributed by atoms with van der Waals surface area (Å²) in [5, 5.41) is 3.40. The zero-order chi connectivity index (χ0) is 16.9. The molecule has 5 heteroatoms. The zero-order valence-electron chi connectivity index (χ0n) is 15.4. The SMILES string of the molecule is COc1ccc(N(C(=O)CCC2CCNCC2)C(C)C2CC2)cc1.Cl. The molecule has 4 nitrogen and oxygen atoms in total. The summed E-state index contributed by atoms with van der Waals surface area (Å²) in [6, 6.07) is 8.21. The summed E-state index contributed by atoms with van der Waals surface area (Å²) in [5.74, 6) is 2.47. The molecule has 0 spiro atoms. The van der Waals surface area contributed by atoms with Crippen LogP contribution in [0.25, 0.3) is 0 Å². The molecule has 1 saturated carbocycles. The van der Waals surface area contributed by atoms with Gasteiger partial charge in [-0.1, -0.05) is 0 Å². The largest absolute Gasteiger partial charge is 0.497 e. The smallest absolute Gasteiger partial charge is 0.227 e. The molecule has 1 atom stereocenters. The number of anilines is 1. The molecule has 1 amide bonds. The van der Waals surface area contributed by atoms with Gasteiger partial charge in [0.25, 0.3) is 0 Å². The highest BCUT2D eigenvalue weighted by Crippen LogP contribution is 2.37. The maximum Gasteiger partial charge on any atom is 0.227 e. The van der Waals surface area contributed by atoms with Gasteiger partial charge in [0.1, 0.15) is 5.75 Å². The van der Waals surface area contributed by atoms with Gasteiger partial charge in [-0.3, -0.25) is 4.79 Å². The van der Waals surface area contributed by atoms with Crippen molar-refractivity contribution < 1.29 is 9.53 Å². The van der Waals surface area contributed by atoms with E-state index < -0.39 is 0 Å². The van der Waals surface area contributed by atoms with Gasteiger partial charge in [-0.2, -0.15) is 0 Å². The number of hydrogen-bond donors (Lipinski definition) is 1. The second-order valence-electron chi connectivity index (χ2n) is 7.27. The minimum absolute atomic E-state index is 0. The first-order chi connectivity index (χ1) is 11.7. The van der Waals surface area contributed by atoms with E-state index in [9.17, 15) is 4.79 Å². The number of halogens is 1. The van der Waals surface area contributed by atoms with Gasteiger partial charge in [-0.25, -0.2) is 0 Å². The molecule has 140 valence electrons. The predicted molar refractivity (Wildman–Crippen MR) is 105 cm³/mol. The fourth-order valence-electron chi connectivity index (χ4n) is 3.76. The molecule has 1 saturated heterocycles. The zero-order valence-corrected chi connectivity index (χ0v) is 16.2. The molecule has 1 aromatic rings. The van der Waals surface area contributed by atoms with Crippen LogP contribution >= 0.6 is 12.4 Å². The van der Waals surface area contributed by atoms with Gasteiger partial charge in [0.2, 0.25) is 5.91 Å². The summed E-state index contributed by atoms with van der Waals surface area (Å²) >= 11 is 0. The highest BCUT2D eigenvalue weighted by atomic mass is 35.5. The van der Waals surface area contributed by atoms with Gasteiger partial charge in [-0.15, -0.1) is 12.4 Å². The van der Waals surface area contributed by atoms with Crippen molar-refractivity contribution in [3.05, 3.63) is 24.3 Å². The lowest BCUT2D eigenvalue weighted by Gasteiger charge is -2.31. The van der Waals surface area contributed by atoms with Crippen LogP contribution in [0.3, 0.4) is 0 Å². The van der Waals surface area contributed by atoms with E-state index in [1.165, 1.54) is 25.7 Å². The molecule has 25 heavy (non-hydrogen) atoms. The van der Waals surface area contributed by atoms with Crippen molar-refractivity contribution >= 4 is 24.0 Å². The summed E-state index contributed by atoms with van der Waals surface area (Å²) in [5.41, 5.74) is 1.01. The van der Waals surface area contributed by atoms with Gasteiger partial charge in [0.15, 0.2) is 0 Å². The molecule has 0 bridgehead atoms. The highest BCUT2D eigenvalue weighted by molar-refractivity contribution is 5.94. The van der Waals surface area contributed by atoms with Gasteiger partial charge < -0.3 is 15.0 Å². The average molecular weight is 367 g/mol. The lowest BCUT2D eigenvalue weighted by Crippen LogP contribution is -2.40. The molecule has 1 unspecified atom stereocenters. The number of nitrogens with one attached hydrogen (secondary N) is 1. The minimum Gasteiger partial charge on any atom is -0.497 e. The molecular weight excluding hydrogens is 336 g/mol. The van der Waals surface area contributed by atoms with Crippen LogP contribution in [0.4, 0.5) is 5.69 Å². The number of piperidine rings is 1. The second-order valence-corrected chi connectivity index (χ2v) is 7.27. The summed E-state index contributed by atoms with van der Waals surface area (Å²) in [4.78, 5) is 15.0. The Morgan fingerprint density at radius 3 is 2.40 bits per heavy atom. The molecule has 1 aromatic carbocycles. The molecule has 3 rings (SSSR count). The van der Waals surface area contributed by atoms with E-state index in [1.807, 2.05) is 29.2 Å². The Balaban J connectivity index is 0.00000225. The Morgan fingerprint density at radius 2 is 1.84 bits per heavy atom. The maximum absolute atomic E-state index is 13.0. The van der Waals surface area contributed by atoms with Crippen LogP contribution in [0.5, 0.6) is 5.75 Å². The summed E-state index contributed by atoms with van der Waals surface area (Å²) in [6.07, 6.45) is 6.57. The highest BCUT2D eigenvalue weighted by Gasteiger charge is 2.35. The van der Waals surface area contributed by atoms with Crippen LogP contribution in [0.1, 0.15) is 45.4 Å². The Hall–Kier alpha value is -1.26. The van der Waals surface area contributed by atoms with Crippen LogP contribution < -0.4 is 15.0 Å². The topological polar surface area (TPSA) is 41.6 Å². The van der Waals surface area contributed by atoms with Gasteiger partial charge >= 0.3 is 0 Å². The molecule has 0 radical (unpaired) electrons. The third kappa shape index (κ3) is 5.35. The van der Waals surface area contributed by atoms with Crippen LogP contribution in [0.2, 0.25) is 0 Å². The maximum atomic E-state index is 13.0. The van der Waals surface area contributed by atoms with E-state index in [1.54, 1.807) is 7.11 Å². The molecule has 2 aliphatic rings. The third-order valence-corrected chi connectivity index (χ3v) is 5.56. The molecule has 1 aliphatic carbocycles. The summed E-state index contributed by atoms with van der Waals surface area (Å²) in [6.45, 7) is 4.39. The van der Waals surface area contributed by atoms with Gasteiger partial charge in [0.05, 0.1) is 7.11 Å². The number of methoxy groups -OCH3 is 1. The number of amides is 1. The third-order valence-electron chi connectivity index (χ3n) is 5.56. The fourth-order valence-corrected chi connectivity index (χ4v) is 3.76. The van der Waals surface area contributed by atoms with E-state index in [-0.39, 0.29) is 18.3 Å². The minimum atomic E-state index is 0. The van der Waals surface area contributed by atoms with Crippen LogP contribution in [-0.4, -0.2) is 32.1 Å². The summed E-state index contributed by atoms with van der Waals surface area (Å²) in [7, 11) is 1.67. The Labute approximate surface area is 157 Å². The van der Waals surface area contributed by atoms with Crippen molar-refractivity contribution in [1.82, 2.24) is 5.32 Å². The van der Waals surface area contributed by atoms with Crippen molar-refractivity contribution in [2.45, 2.75) is 51.5 Å². The van der Waals surface area contributed by atoms with Crippen LogP contribution in [0, 0.1) is 11.8 Å². The number of ether oxygens (including phenoxy) is 1. The first-order valence-corrected chi connectivity index (χ1v) is 9.36. The number of nitrogens with zero attached hydrogens (tertiary/aromatic N) is 1. The van der Waals surface area contributed by atoms with Crippen molar-refractivity contribution in [2.75, 3.05) is 25.1 Å². The standard InChI is InChI=1S/C20H30N2O2.ClH/c1-15(17-4-5-17)22(18-6-8-19(24-2)9-7-18)20(23)10-3-16-11-13-21-14-12-16;/h6-9,15-17,21H,3-5,10-14H2,1-2H3;1H. The Bertz CT molecular complexity index is 539. The van der Waals surface area contributed by atoms with E-state index in [0.29, 0.717) is 24.3 Å². The molecule has 1 N–H and O–H groups in total. The number of hydrogen-bond acceptors (Lipinski definition) is 3. The average Bonchev–Trinajstić information content (AvgIpc) is 3.47. The van der Waals surface area contributed by atoms with Crippen molar-refractivity contribution in [3.63, 3.8) is 0 Å². The number of carbonyl (C=O) groups excluding carboxylic acids is 1. The van der Waals surface area contributed by atoms with Crippen LogP contribution in [0.15, 0.2) is 24.3 Å². The Kier molecular flexibility index (Phi) is 7.57. The molecule has 2 fully saturated rings. The van der Waals surface area contributed by atoms with E-state index in [4.69, 9.17) is 4.74 Å². The van der Waals surface area contributed by atoms with Crippen molar-refractivity contribution in [1.29, 1.82) is 0 Å². The van der Waals surface area contributed by atoms with Gasteiger partial charge in [-0.05, 0) is 88.2 Å². The number of carbonyl (C=O) groups is 1. The van der Waals surface area contributed by atoms with Crippen LogP contribution in [-0.2, 0) is 4.79 Å². The molecule has 1 aliphatic heterocycles. The quantitative estimate of drug-likeness (QED) is 0.792. The molecular formula is C20H31ClN2O2. The lowest BCUT2D eigenvalue weighted by atomic mass is 9.93. The monoisotopic (exact) mass is 366 g/mol. The number of benzene rings is 1. The first-order valence-electron chi connectivity index (χ1n) is 9.36. The van der Waals surface area contributed by atoms with Crippen molar-refractivity contribution in [3.8, 4) is 5.75 Å². The summed E-state index contributed by atoms with van der Waals surface area (Å²) < 4.78 is 5.25. The normalized spacial score (nSPS) is 19.0. The van der Waals surface area contributed by atoms with Gasteiger partial charge in [0, 0.05) is 18.2 Å². The van der Waals surface area contributed by atoms with Crippen molar-refractivity contribution in [2.24, 2.45) is 11.8 Å². The lowest BCUT2D eigenvalue weighted by molar-refractivity contribution is -0.119. The molecule has 1 heterocycles. The second kappa shape index (κ2) is 9.44. The first kappa shape index (κ1) is 20.1. The van der Waals surface area contributed by atoms with E-state index in [2.05, 4.69) is 12.2 Å². The fraction of sp³-hybridized carbons (Fsp3) is 0.650. The predicted octanol–water partition coefficient (Wildman–Crippen LogP) is 4.03. The molecule has 0 aromatic heterocycles. The van der Waals surface area contributed by atoms with E-state index >= 15 is 0 Å². The number of rotatable bonds is 7.